The van der Waals surface area contributed by atoms with E-state index in [0.29, 0.717) is 30.7 Å². The molecule has 1 N–H and O–H groups in total. The summed E-state index contributed by atoms with van der Waals surface area (Å²) in [7, 11) is 0. The maximum absolute atomic E-state index is 13.2. The van der Waals surface area contributed by atoms with Crippen molar-refractivity contribution in [3.8, 4) is 0 Å². The molecule has 0 aliphatic heterocycles. The Morgan fingerprint density at radius 2 is 2.16 bits per heavy atom. The molecule has 0 saturated heterocycles. The van der Waals surface area contributed by atoms with E-state index in [1.165, 1.54) is 12.1 Å². The Hall–Kier alpha value is -1.95. The number of hydrogen-bond acceptors (Lipinski definition) is 5. The molecule has 2 aromatic rings. The number of rotatable bonds is 6. The first-order valence-electron chi connectivity index (χ1n) is 6.30. The van der Waals surface area contributed by atoms with E-state index in [1.54, 1.807) is 17.0 Å². The van der Waals surface area contributed by atoms with Crippen molar-refractivity contribution in [1.29, 1.82) is 0 Å². The third kappa shape index (κ3) is 3.29. The maximum Gasteiger partial charge on any atom is 0.322 e. The van der Waals surface area contributed by atoms with Crippen LogP contribution in [0.25, 0.3) is 0 Å². The molecule has 0 radical (unpaired) electrons. The van der Waals surface area contributed by atoms with Gasteiger partial charge >= 0.3 is 6.01 Å². The summed E-state index contributed by atoms with van der Waals surface area (Å²) in [6, 6.07) is 6.68. The Kier molecular flexibility index (Phi) is 4.46. The van der Waals surface area contributed by atoms with Gasteiger partial charge in [0.25, 0.3) is 0 Å². The SMILES string of the molecule is CCNCc1nnc(N(CC)c2cccc(F)c2)o1. The largest absolute Gasteiger partial charge is 0.406 e. The zero-order valence-electron chi connectivity index (χ0n) is 11.1. The fourth-order valence-corrected chi connectivity index (χ4v) is 1.73. The molecule has 0 unspecified atom stereocenters. The van der Waals surface area contributed by atoms with Gasteiger partial charge in [-0.1, -0.05) is 18.1 Å². The third-order valence-electron chi connectivity index (χ3n) is 2.65. The second-order valence-corrected chi connectivity index (χ2v) is 3.98. The van der Waals surface area contributed by atoms with Crippen molar-refractivity contribution < 1.29 is 8.81 Å². The summed E-state index contributed by atoms with van der Waals surface area (Å²) < 4.78 is 18.8. The van der Waals surface area contributed by atoms with Gasteiger partial charge in [0.2, 0.25) is 5.89 Å². The molecular weight excluding hydrogens is 247 g/mol. The number of halogens is 1. The number of nitrogens with zero attached hydrogens (tertiary/aromatic N) is 3. The van der Waals surface area contributed by atoms with Crippen molar-refractivity contribution >= 4 is 11.7 Å². The van der Waals surface area contributed by atoms with Crippen molar-refractivity contribution in [2.75, 3.05) is 18.0 Å². The molecule has 0 aliphatic carbocycles. The smallest absolute Gasteiger partial charge is 0.322 e. The van der Waals surface area contributed by atoms with Crippen LogP contribution in [-0.2, 0) is 6.54 Å². The lowest BCUT2D eigenvalue weighted by Crippen LogP contribution is -2.16. The Bertz CT molecular complexity index is 529. The van der Waals surface area contributed by atoms with Crippen molar-refractivity contribution in [2.24, 2.45) is 0 Å². The first-order chi connectivity index (χ1) is 9.24. The van der Waals surface area contributed by atoms with Crippen molar-refractivity contribution in [1.82, 2.24) is 15.5 Å². The van der Waals surface area contributed by atoms with Crippen LogP contribution in [0.2, 0.25) is 0 Å². The van der Waals surface area contributed by atoms with E-state index in [1.807, 2.05) is 13.8 Å². The fraction of sp³-hybridized carbons (Fsp3) is 0.385. The van der Waals surface area contributed by atoms with Crippen LogP contribution in [0.3, 0.4) is 0 Å². The monoisotopic (exact) mass is 264 g/mol. The summed E-state index contributed by atoms with van der Waals surface area (Å²) >= 11 is 0. The average molecular weight is 264 g/mol. The summed E-state index contributed by atoms with van der Waals surface area (Å²) in [4.78, 5) is 1.77. The third-order valence-corrected chi connectivity index (χ3v) is 2.65. The van der Waals surface area contributed by atoms with Gasteiger partial charge in [0.15, 0.2) is 0 Å². The van der Waals surface area contributed by atoms with Gasteiger partial charge < -0.3 is 9.73 Å². The molecule has 1 heterocycles. The fourth-order valence-electron chi connectivity index (χ4n) is 1.73. The molecule has 0 amide bonds. The summed E-state index contributed by atoms with van der Waals surface area (Å²) in [5.41, 5.74) is 0.696. The number of nitrogens with one attached hydrogen (secondary N) is 1. The first-order valence-corrected chi connectivity index (χ1v) is 6.30. The summed E-state index contributed by atoms with van der Waals surface area (Å²) in [6.45, 7) is 5.93. The highest BCUT2D eigenvalue weighted by molar-refractivity contribution is 5.55. The minimum absolute atomic E-state index is 0.289. The van der Waals surface area contributed by atoms with Crippen LogP contribution in [0.15, 0.2) is 28.7 Å². The normalized spacial score (nSPS) is 10.7. The number of hydrogen-bond donors (Lipinski definition) is 1. The quantitative estimate of drug-likeness (QED) is 0.868. The summed E-state index contributed by atoms with van der Waals surface area (Å²) in [5, 5.41) is 11.1. The predicted molar refractivity (Wildman–Crippen MR) is 70.8 cm³/mol. The Balaban J connectivity index is 2.19. The molecule has 102 valence electrons. The van der Waals surface area contributed by atoms with Gasteiger partial charge in [0.1, 0.15) is 5.82 Å². The molecule has 6 heteroatoms. The van der Waals surface area contributed by atoms with Gasteiger partial charge in [-0.3, -0.25) is 4.90 Å². The molecule has 0 fully saturated rings. The topological polar surface area (TPSA) is 54.2 Å². The van der Waals surface area contributed by atoms with Gasteiger partial charge in [-0.2, -0.15) is 0 Å². The Labute approximate surface area is 111 Å². The molecule has 19 heavy (non-hydrogen) atoms. The second-order valence-electron chi connectivity index (χ2n) is 3.98. The van der Waals surface area contributed by atoms with Crippen LogP contribution in [-0.4, -0.2) is 23.3 Å². The van der Waals surface area contributed by atoms with Crippen molar-refractivity contribution in [3.63, 3.8) is 0 Å². The highest BCUT2D eigenvalue weighted by atomic mass is 19.1. The number of aromatic nitrogens is 2. The Morgan fingerprint density at radius 3 is 2.84 bits per heavy atom. The molecule has 0 aliphatic rings. The average Bonchev–Trinajstić information content (AvgIpc) is 2.86. The van der Waals surface area contributed by atoms with Gasteiger partial charge in [0, 0.05) is 12.2 Å². The highest BCUT2D eigenvalue weighted by Gasteiger charge is 2.15. The minimum Gasteiger partial charge on any atom is -0.406 e. The minimum atomic E-state index is -0.289. The van der Waals surface area contributed by atoms with Gasteiger partial charge in [-0.05, 0) is 31.7 Å². The molecule has 1 aromatic heterocycles. The van der Waals surface area contributed by atoms with Gasteiger partial charge in [-0.15, -0.1) is 5.10 Å². The van der Waals surface area contributed by atoms with Crippen LogP contribution in [0, 0.1) is 5.82 Å². The van der Waals surface area contributed by atoms with Crippen LogP contribution in [0.4, 0.5) is 16.1 Å². The van der Waals surface area contributed by atoms with E-state index in [0.717, 1.165) is 6.54 Å². The molecule has 1 aromatic carbocycles. The van der Waals surface area contributed by atoms with Crippen LogP contribution < -0.4 is 10.2 Å². The standard InChI is InChI=1S/C13H17FN4O/c1-3-15-9-12-16-17-13(19-12)18(4-2)11-7-5-6-10(14)8-11/h5-8,15H,3-4,9H2,1-2H3. The predicted octanol–water partition coefficient (Wildman–Crippen LogP) is 2.48. The van der Waals surface area contributed by atoms with Crippen LogP contribution in [0.5, 0.6) is 0 Å². The van der Waals surface area contributed by atoms with Crippen molar-refractivity contribution in [3.05, 3.63) is 36.0 Å². The lowest BCUT2D eigenvalue weighted by Gasteiger charge is -2.17. The molecule has 0 bridgehead atoms. The van der Waals surface area contributed by atoms with Crippen molar-refractivity contribution in [2.45, 2.75) is 20.4 Å². The lowest BCUT2D eigenvalue weighted by molar-refractivity contribution is 0.473. The zero-order valence-corrected chi connectivity index (χ0v) is 11.1. The molecule has 0 saturated carbocycles. The van der Waals surface area contributed by atoms with Crippen LogP contribution >= 0.6 is 0 Å². The maximum atomic E-state index is 13.2. The van der Waals surface area contributed by atoms with E-state index < -0.39 is 0 Å². The summed E-state index contributed by atoms with van der Waals surface area (Å²) in [5.74, 6) is 0.232. The molecular formula is C13H17FN4O. The van der Waals surface area contributed by atoms with Gasteiger partial charge in [-0.25, -0.2) is 4.39 Å². The molecule has 2 rings (SSSR count). The first kappa shape index (κ1) is 13.5. The highest BCUT2D eigenvalue weighted by Crippen LogP contribution is 2.24. The Morgan fingerprint density at radius 1 is 1.32 bits per heavy atom. The second kappa shape index (κ2) is 6.29. The van der Waals surface area contributed by atoms with Crippen LogP contribution in [0.1, 0.15) is 19.7 Å². The molecule has 0 atom stereocenters. The molecule has 5 nitrogen and oxygen atoms in total. The van der Waals surface area contributed by atoms with E-state index in [2.05, 4.69) is 15.5 Å². The number of benzene rings is 1. The van der Waals surface area contributed by atoms with E-state index >= 15 is 0 Å². The number of anilines is 2. The van der Waals surface area contributed by atoms with Gasteiger partial charge in [0.05, 0.1) is 6.54 Å². The van der Waals surface area contributed by atoms with E-state index in [-0.39, 0.29) is 5.82 Å². The summed E-state index contributed by atoms with van der Waals surface area (Å²) in [6.07, 6.45) is 0. The molecule has 0 spiro atoms. The van der Waals surface area contributed by atoms with E-state index in [4.69, 9.17) is 4.42 Å². The zero-order chi connectivity index (χ0) is 13.7. The lowest BCUT2D eigenvalue weighted by atomic mass is 10.3. The van der Waals surface area contributed by atoms with E-state index in [9.17, 15) is 4.39 Å².